The average Bonchev–Trinajstić information content (AvgIpc) is 3.25. The largest absolute Gasteiger partial charge is 0.493 e. The van der Waals surface area contributed by atoms with Crippen LogP contribution in [0.3, 0.4) is 0 Å². The van der Waals surface area contributed by atoms with Crippen LogP contribution < -0.4 is 9.61 Å². The number of aromatic nitrogens is 2. The Morgan fingerprint density at radius 2 is 2.02 bits per heavy atom. The van der Waals surface area contributed by atoms with Gasteiger partial charge in [-0.25, -0.2) is 13.6 Å². The maximum Gasteiger partial charge on any atom is 0.337 e. The molecule has 44 heavy (non-hydrogen) atoms. The zero-order valence-corrected chi connectivity index (χ0v) is 26.1. The van der Waals surface area contributed by atoms with Gasteiger partial charge < -0.3 is 14.6 Å². The number of nitrogens with zero attached hydrogens (tertiary/aromatic N) is 2. The lowest BCUT2D eigenvalue weighted by Gasteiger charge is -2.28. The highest BCUT2D eigenvalue weighted by atomic mass is 32.1. The van der Waals surface area contributed by atoms with Gasteiger partial charge in [0.15, 0.2) is 6.10 Å². The van der Waals surface area contributed by atoms with Crippen molar-refractivity contribution in [1.82, 2.24) is 9.55 Å². The zero-order chi connectivity index (χ0) is 32.0. The fraction of sp³-hybridized carbons (Fsp3) is 0.324. The Morgan fingerprint density at radius 3 is 2.68 bits per heavy atom. The summed E-state index contributed by atoms with van der Waals surface area (Å²) in [6.45, 7) is 12.1. The van der Waals surface area contributed by atoms with E-state index in [4.69, 9.17) is 14.5 Å². The van der Waals surface area contributed by atoms with Crippen LogP contribution in [0.4, 0.5) is 8.78 Å². The third-order valence-electron chi connectivity index (χ3n) is 7.43. The minimum atomic E-state index is -3.05. The first-order valence-corrected chi connectivity index (χ1v) is 15.0. The Hall–Kier alpha value is -4.15. The number of aliphatic carboxylic acids is 1. The van der Waals surface area contributed by atoms with Crippen LogP contribution in [0.15, 0.2) is 71.7 Å². The van der Waals surface area contributed by atoms with Gasteiger partial charge in [0.2, 0.25) is 0 Å². The van der Waals surface area contributed by atoms with Crippen molar-refractivity contribution in [3.8, 4) is 16.9 Å². The lowest BCUT2D eigenvalue weighted by molar-refractivity contribution is -0.160. The van der Waals surface area contributed by atoms with E-state index < -0.39 is 23.6 Å². The number of hydrogen-bond acceptors (Lipinski definition) is 6. The number of carboxylic acid groups (broad SMARTS) is 1. The summed E-state index contributed by atoms with van der Waals surface area (Å²) in [5.74, 6) is -3.51. The standard InChI is InChI=1S/C34H34F2N2O5S/c1-7-21(34(6,35)36)10-8-9-16-38-23-18-19(2)25(29(31(39)40)43-33(3,4)5)27(30(23)44-32(38)41)22-11-12-24-26-20(14-17-42-24)13-15-37-28(22)26/h7-13,15,18,29H,1,14,16-17H2,2-6H3,(H,39,40). The molecular formula is C34H34F2N2O5S. The van der Waals surface area contributed by atoms with Crippen molar-refractivity contribution >= 4 is 38.4 Å². The molecule has 2 aromatic carbocycles. The molecule has 3 heterocycles. The second-order valence-electron chi connectivity index (χ2n) is 11.8. The summed E-state index contributed by atoms with van der Waals surface area (Å²) in [4.78, 5) is 30.7. The summed E-state index contributed by atoms with van der Waals surface area (Å²) in [7, 11) is 0. The van der Waals surface area contributed by atoms with Crippen molar-refractivity contribution in [3.63, 3.8) is 0 Å². The Kier molecular flexibility index (Phi) is 8.35. The van der Waals surface area contributed by atoms with Gasteiger partial charge in [-0.05, 0) is 63.1 Å². The van der Waals surface area contributed by atoms with Crippen LogP contribution in [0.5, 0.6) is 5.75 Å². The molecule has 10 heteroatoms. The quantitative estimate of drug-likeness (QED) is 0.192. The van der Waals surface area contributed by atoms with Crippen LogP contribution in [-0.4, -0.2) is 38.8 Å². The lowest BCUT2D eigenvalue weighted by Crippen LogP contribution is -2.28. The van der Waals surface area contributed by atoms with Crippen molar-refractivity contribution in [2.75, 3.05) is 6.61 Å². The molecule has 0 aliphatic carbocycles. The van der Waals surface area contributed by atoms with Gasteiger partial charge >= 0.3 is 10.8 Å². The molecule has 4 aromatic rings. The number of rotatable bonds is 9. The van der Waals surface area contributed by atoms with Crippen LogP contribution in [0.25, 0.3) is 32.2 Å². The number of carboxylic acids is 1. The van der Waals surface area contributed by atoms with E-state index in [9.17, 15) is 23.5 Å². The topological polar surface area (TPSA) is 90.7 Å². The molecule has 1 atom stereocenters. The highest BCUT2D eigenvalue weighted by molar-refractivity contribution is 7.17. The average molecular weight is 621 g/mol. The normalized spacial score (nSPS) is 14.8. The van der Waals surface area contributed by atoms with E-state index in [0.717, 1.165) is 35.3 Å². The molecule has 7 nitrogen and oxygen atoms in total. The van der Waals surface area contributed by atoms with Crippen molar-refractivity contribution in [2.45, 2.75) is 65.2 Å². The number of fused-ring (bicyclic) bond motifs is 1. The van der Waals surface area contributed by atoms with Gasteiger partial charge in [-0.1, -0.05) is 42.2 Å². The Morgan fingerprint density at radius 1 is 1.27 bits per heavy atom. The molecule has 1 unspecified atom stereocenters. The van der Waals surface area contributed by atoms with Gasteiger partial charge in [0.25, 0.3) is 5.92 Å². The molecule has 0 bridgehead atoms. The molecule has 1 N–H and O–H groups in total. The third kappa shape index (κ3) is 5.96. The van der Waals surface area contributed by atoms with Crippen LogP contribution in [0.1, 0.15) is 50.5 Å². The van der Waals surface area contributed by atoms with E-state index in [1.165, 1.54) is 12.2 Å². The summed E-state index contributed by atoms with van der Waals surface area (Å²) >= 11 is 0.994. The fourth-order valence-corrected chi connectivity index (χ4v) is 6.59. The van der Waals surface area contributed by atoms with Crippen LogP contribution >= 0.6 is 11.3 Å². The van der Waals surface area contributed by atoms with Crippen LogP contribution in [0, 0.1) is 6.92 Å². The van der Waals surface area contributed by atoms with Gasteiger partial charge in [-0.15, -0.1) is 0 Å². The zero-order valence-electron chi connectivity index (χ0n) is 25.2. The number of carbonyl (C=O) groups is 1. The predicted molar refractivity (Wildman–Crippen MR) is 170 cm³/mol. The van der Waals surface area contributed by atoms with Crippen molar-refractivity contribution in [3.05, 3.63) is 93.3 Å². The first-order chi connectivity index (χ1) is 20.7. The Bertz CT molecular complexity index is 1900. The molecule has 0 saturated carbocycles. The molecule has 2 aromatic heterocycles. The van der Waals surface area contributed by atoms with Crippen LogP contribution in [0.2, 0.25) is 0 Å². The number of pyridine rings is 1. The summed E-state index contributed by atoms with van der Waals surface area (Å²) in [5.41, 5.74) is 3.56. The van der Waals surface area contributed by atoms with E-state index in [-0.39, 0.29) is 17.0 Å². The SMILES string of the molecule is C=CC(=CC=CCn1c(=O)sc2c(-c3ccc4c5c(ccnc35)CCO4)c(C(OC(C)(C)C)C(=O)O)c(C)cc21)C(C)(F)F. The van der Waals surface area contributed by atoms with Gasteiger partial charge in [-0.2, -0.15) is 0 Å². The molecule has 0 spiro atoms. The van der Waals surface area contributed by atoms with Crippen molar-refractivity contribution in [2.24, 2.45) is 0 Å². The van der Waals surface area contributed by atoms with E-state index >= 15 is 0 Å². The summed E-state index contributed by atoms with van der Waals surface area (Å²) in [5, 5.41) is 11.3. The number of allylic oxidation sites excluding steroid dienone is 5. The minimum absolute atomic E-state index is 0.115. The number of halogens is 2. The molecular weight excluding hydrogens is 586 g/mol. The highest BCUT2D eigenvalue weighted by Gasteiger charge is 2.33. The lowest BCUT2D eigenvalue weighted by atomic mass is 9.89. The van der Waals surface area contributed by atoms with E-state index in [2.05, 4.69) is 6.58 Å². The van der Waals surface area contributed by atoms with E-state index in [1.807, 2.05) is 18.2 Å². The molecule has 1 aliphatic heterocycles. The molecule has 5 rings (SSSR count). The first kappa shape index (κ1) is 31.3. The van der Waals surface area contributed by atoms with E-state index in [0.29, 0.717) is 56.8 Å². The second kappa shape index (κ2) is 11.7. The number of alkyl halides is 2. The van der Waals surface area contributed by atoms with Crippen LogP contribution in [-0.2, 0) is 22.5 Å². The van der Waals surface area contributed by atoms with E-state index in [1.54, 1.807) is 50.6 Å². The maximum absolute atomic E-state index is 13.8. The summed E-state index contributed by atoms with van der Waals surface area (Å²) < 4.78 is 41.7. The summed E-state index contributed by atoms with van der Waals surface area (Å²) in [6, 6.07) is 7.45. The summed E-state index contributed by atoms with van der Waals surface area (Å²) in [6.07, 6.45) is 6.57. The molecule has 230 valence electrons. The monoisotopic (exact) mass is 620 g/mol. The van der Waals surface area contributed by atoms with Gasteiger partial charge in [0.1, 0.15) is 5.75 Å². The Balaban J connectivity index is 1.78. The van der Waals surface area contributed by atoms with Gasteiger partial charge in [-0.3, -0.25) is 14.3 Å². The maximum atomic E-state index is 13.8. The van der Waals surface area contributed by atoms with Gasteiger partial charge in [0, 0.05) is 53.7 Å². The van der Waals surface area contributed by atoms with Gasteiger partial charge in [0.05, 0.1) is 27.9 Å². The number of ether oxygens (including phenoxy) is 2. The van der Waals surface area contributed by atoms with Crippen molar-refractivity contribution < 1.29 is 28.2 Å². The van der Waals surface area contributed by atoms with Crippen molar-refractivity contribution in [1.29, 1.82) is 0 Å². The molecule has 0 fully saturated rings. The molecule has 0 saturated heterocycles. The second-order valence-corrected chi connectivity index (χ2v) is 12.8. The molecule has 0 amide bonds. The molecule has 0 radical (unpaired) electrons. The smallest absolute Gasteiger partial charge is 0.337 e. The first-order valence-electron chi connectivity index (χ1n) is 14.2. The predicted octanol–water partition coefficient (Wildman–Crippen LogP) is 7.79. The number of hydrogen-bond donors (Lipinski definition) is 1. The fourth-order valence-electron chi connectivity index (χ4n) is 5.54. The third-order valence-corrected chi connectivity index (χ3v) is 8.44. The minimum Gasteiger partial charge on any atom is -0.493 e. The number of thiazole rings is 1. The Labute approximate surface area is 257 Å². The number of aryl methyl sites for hydroxylation is 1. The number of benzene rings is 2. The molecule has 1 aliphatic rings. The highest BCUT2D eigenvalue weighted by Crippen LogP contribution is 2.45.